The van der Waals surface area contributed by atoms with E-state index >= 15 is 0 Å². The summed E-state index contributed by atoms with van der Waals surface area (Å²) in [6.45, 7) is 1.15. The van der Waals surface area contributed by atoms with Crippen molar-refractivity contribution in [2.24, 2.45) is 0 Å². The summed E-state index contributed by atoms with van der Waals surface area (Å²) in [7, 11) is -4.24. The van der Waals surface area contributed by atoms with E-state index in [0.29, 0.717) is 11.1 Å². The third kappa shape index (κ3) is 3.02. The number of rotatable bonds is 4. The maximum absolute atomic E-state index is 11.0. The molecule has 0 aliphatic carbocycles. The fraction of sp³-hybridized carbons (Fsp3) is 0.400. The van der Waals surface area contributed by atoms with Gasteiger partial charge in [-0.05, 0) is 24.1 Å². The molecule has 0 radical (unpaired) electrons. The minimum atomic E-state index is -4.24. The molecule has 0 spiro atoms. The molecule has 0 fully saturated rings. The Balaban J connectivity index is 3.15. The Morgan fingerprint density at radius 3 is 2.50 bits per heavy atom. The Morgan fingerprint density at radius 1 is 1.38 bits per heavy atom. The summed E-state index contributed by atoms with van der Waals surface area (Å²) in [4.78, 5) is -0.171. The first-order chi connectivity index (χ1) is 7.36. The molecule has 1 unspecified atom stereocenters. The van der Waals surface area contributed by atoms with Gasteiger partial charge in [0.05, 0.1) is 17.6 Å². The number of aliphatic hydroxyl groups excluding tert-OH is 2. The zero-order valence-electron chi connectivity index (χ0n) is 8.79. The Hall–Kier alpha value is -0.950. The molecular formula is C10H14O5S. The predicted molar refractivity (Wildman–Crippen MR) is 57.8 cm³/mol. The molecule has 16 heavy (non-hydrogen) atoms. The Kier molecular flexibility index (Phi) is 4.03. The van der Waals surface area contributed by atoms with Gasteiger partial charge in [0.15, 0.2) is 0 Å². The van der Waals surface area contributed by atoms with Crippen molar-refractivity contribution in [3.05, 3.63) is 29.3 Å². The lowest BCUT2D eigenvalue weighted by molar-refractivity contribution is 0.0953. The molecular weight excluding hydrogens is 232 g/mol. The topological polar surface area (TPSA) is 94.8 Å². The van der Waals surface area contributed by atoms with Crippen LogP contribution < -0.4 is 0 Å². The number of benzene rings is 1. The quantitative estimate of drug-likeness (QED) is 0.657. The molecule has 0 aliphatic rings. The van der Waals surface area contributed by atoms with E-state index in [1.165, 1.54) is 12.1 Å². The SMILES string of the molecule is Cc1c(CC(O)CO)cccc1S(=O)(=O)O. The fourth-order valence-corrected chi connectivity index (χ4v) is 2.25. The number of hydrogen-bond donors (Lipinski definition) is 3. The van der Waals surface area contributed by atoms with Crippen LogP contribution in [0.1, 0.15) is 11.1 Å². The molecule has 0 heterocycles. The summed E-state index contributed by atoms with van der Waals surface area (Å²) < 4.78 is 31.0. The lowest BCUT2D eigenvalue weighted by Crippen LogP contribution is -2.16. The van der Waals surface area contributed by atoms with Gasteiger partial charge in [0.2, 0.25) is 0 Å². The van der Waals surface area contributed by atoms with Gasteiger partial charge in [-0.25, -0.2) is 0 Å². The summed E-state index contributed by atoms with van der Waals surface area (Å²) in [5.41, 5.74) is 0.967. The van der Waals surface area contributed by atoms with E-state index in [2.05, 4.69) is 0 Å². The second-order valence-electron chi connectivity index (χ2n) is 3.56. The molecule has 0 aliphatic heterocycles. The van der Waals surface area contributed by atoms with E-state index in [0.717, 1.165) is 0 Å². The molecule has 5 nitrogen and oxygen atoms in total. The van der Waals surface area contributed by atoms with Gasteiger partial charge in [-0.3, -0.25) is 4.55 Å². The standard InChI is InChI=1S/C10H14O5S/c1-7-8(5-9(12)6-11)3-2-4-10(7)16(13,14)15/h2-4,9,11-12H,5-6H2,1H3,(H,13,14,15). The van der Waals surface area contributed by atoms with Crippen molar-refractivity contribution >= 4 is 10.1 Å². The minimum Gasteiger partial charge on any atom is -0.394 e. The van der Waals surface area contributed by atoms with Gasteiger partial charge in [-0.1, -0.05) is 12.1 Å². The number of aliphatic hydroxyl groups is 2. The molecule has 90 valence electrons. The molecule has 6 heteroatoms. The molecule has 0 amide bonds. The number of hydrogen-bond acceptors (Lipinski definition) is 4. The van der Waals surface area contributed by atoms with Crippen LogP contribution in [0.15, 0.2) is 23.1 Å². The van der Waals surface area contributed by atoms with Crippen LogP contribution in [0.25, 0.3) is 0 Å². The molecule has 0 aromatic heterocycles. The maximum Gasteiger partial charge on any atom is 0.294 e. The van der Waals surface area contributed by atoms with Gasteiger partial charge in [0, 0.05) is 6.42 Å². The largest absolute Gasteiger partial charge is 0.394 e. The van der Waals surface area contributed by atoms with E-state index in [1.54, 1.807) is 13.0 Å². The monoisotopic (exact) mass is 246 g/mol. The van der Waals surface area contributed by atoms with Crippen molar-refractivity contribution < 1.29 is 23.2 Å². The molecule has 1 atom stereocenters. The first-order valence-electron chi connectivity index (χ1n) is 4.71. The highest BCUT2D eigenvalue weighted by molar-refractivity contribution is 7.85. The van der Waals surface area contributed by atoms with Gasteiger partial charge in [0.1, 0.15) is 0 Å². The molecule has 0 bridgehead atoms. The molecule has 1 aromatic carbocycles. The van der Waals surface area contributed by atoms with Crippen LogP contribution >= 0.6 is 0 Å². The third-order valence-corrected chi connectivity index (χ3v) is 3.34. The van der Waals surface area contributed by atoms with Crippen LogP contribution in [-0.4, -0.2) is 35.9 Å². The van der Waals surface area contributed by atoms with Crippen LogP contribution in [-0.2, 0) is 16.5 Å². The first-order valence-corrected chi connectivity index (χ1v) is 6.15. The average Bonchev–Trinajstić information content (AvgIpc) is 2.19. The Morgan fingerprint density at radius 2 is 2.00 bits per heavy atom. The minimum absolute atomic E-state index is 0.145. The molecule has 0 saturated heterocycles. The van der Waals surface area contributed by atoms with Crippen molar-refractivity contribution in [3.8, 4) is 0 Å². The van der Waals surface area contributed by atoms with Crippen molar-refractivity contribution in [1.29, 1.82) is 0 Å². The summed E-state index contributed by atoms with van der Waals surface area (Å²) in [6.07, 6.45) is -0.790. The van der Waals surface area contributed by atoms with Crippen LogP contribution in [0.4, 0.5) is 0 Å². The third-order valence-electron chi connectivity index (χ3n) is 2.34. The Labute approximate surface area is 94.1 Å². The highest BCUT2D eigenvalue weighted by atomic mass is 32.2. The highest BCUT2D eigenvalue weighted by Gasteiger charge is 2.16. The molecule has 1 aromatic rings. The van der Waals surface area contributed by atoms with Crippen molar-refractivity contribution in [3.63, 3.8) is 0 Å². The van der Waals surface area contributed by atoms with E-state index < -0.39 is 22.8 Å². The second kappa shape index (κ2) is 4.92. The normalized spacial score (nSPS) is 13.8. The summed E-state index contributed by atoms with van der Waals surface area (Å²) >= 11 is 0. The van der Waals surface area contributed by atoms with Crippen molar-refractivity contribution in [2.75, 3.05) is 6.61 Å². The van der Waals surface area contributed by atoms with Gasteiger partial charge >= 0.3 is 0 Å². The van der Waals surface area contributed by atoms with Crippen molar-refractivity contribution in [2.45, 2.75) is 24.3 Å². The van der Waals surface area contributed by atoms with E-state index in [1.807, 2.05) is 0 Å². The van der Waals surface area contributed by atoms with Gasteiger partial charge in [-0.15, -0.1) is 0 Å². The van der Waals surface area contributed by atoms with E-state index in [9.17, 15) is 13.5 Å². The summed E-state index contributed by atoms with van der Waals surface area (Å²) in [5.74, 6) is 0. The molecule has 3 N–H and O–H groups in total. The van der Waals surface area contributed by atoms with Gasteiger partial charge in [0.25, 0.3) is 10.1 Å². The van der Waals surface area contributed by atoms with Gasteiger partial charge in [-0.2, -0.15) is 8.42 Å². The molecule has 1 rings (SSSR count). The van der Waals surface area contributed by atoms with Crippen LogP contribution in [0.2, 0.25) is 0 Å². The maximum atomic E-state index is 11.0. The first kappa shape index (κ1) is 13.1. The van der Waals surface area contributed by atoms with E-state index in [4.69, 9.17) is 9.66 Å². The summed E-state index contributed by atoms with van der Waals surface area (Å²) in [6, 6.07) is 4.41. The smallest absolute Gasteiger partial charge is 0.294 e. The lowest BCUT2D eigenvalue weighted by Gasteiger charge is -2.11. The van der Waals surface area contributed by atoms with Crippen LogP contribution in [0.5, 0.6) is 0 Å². The van der Waals surface area contributed by atoms with Gasteiger partial charge < -0.3 is 10.2 Å². The Bertz CT molecular complexity index is 466. The van der Waals surface area contributed by atoms with Crippen LogP contribution in [0, 0.1) is 6.92 Å². The zero-order chi connectivity index (χ0) is 12.3. The fourth-order valence-electron chi connectivity index (χ4n) is 1.48. The second-order valence-corrected chi connectivity index (χ2v) is 4.95. The van der Waals surface area contributed by atoms with Crippen molar-refractivity contribution in [1.82, 2.24) is 0 Å². The predicted octanol–water partition coefficient (Wildman–Crippen LogP) is 0.137. The summed E-state index contributed by atoms with van der Waals surface area (Å²) in [5, 5.41) is 18.0. The van der Waals surface area contributed by atoms with Crippen LogP contribution in [0.3, 0.4) is 0 Å². The highest BCUT2D eigenvalue weighted by Crippen LogP contribution is 2.19. The van der Waals surface area contributed by atoms with E-state index in [-0.39, 0.29) is 11.3 Å². The lowest BCUT2D eigenvalue weighted by atomic mass is 10.0. The zero-order valence-corrected chi connectivity index (χ0v) is 9.61. The average molecular weight is 246 g/mol. The molecule has 0 saturated carbocycles.